The molecule has 1 aromatic carbocycles. The highest BCUT2D eigenvalue weighted by Crippen LogP contribution is 2.34. The van der Waals surface area contributed by atoms with Gasteiger partial charge in [-0.25, -0.2) is 4.79 Å². The molecule has 0 aliphatic carbocycles. The van der Waals surface area contributed by atoms with Crippen molar-refractivity contribution in [2.45, 2.75) is 19.8 Å². The Labute approximate surface area is 116 Å². The number of hydrogen-bond donors (Lipinski definition) is 0. The third kappa shape index (κ3) is 1.86. The van der Waals surface area contributed by atoms with Gasteiger partial charge in [-0.1, -0.05) is 0 Å². The van der Waals surface area contributed by atoms with E-state index in [0.717, 1.165) is 17.4 Å². The van der Waals surface area contributed by atoms with Crippen LogP contribution in [0.15, 0.2) is 22.8 Å². The van der Waals surface area contributed by atoms with Gasteiger partial charge in [0.15, 0.2) is 5.58 Å². The van der Waals surface area contributed by atoms with Crippen LogP contribution in [0.4, 0.5) is 5.69 Å². The van der Waals surface area contributed by atoms with Crippen molar-refractivity contribution in [3.05, 3.63) is 29.5 Å². The number of carbonyl (C=O) groups is 2. The fourth-order valence-electron chi connectivity index (χ4n) is 2.58. The van der Waals surface area contributed by atoms with Gasteiger partial charge in [0.1, 0.15) is 0 Å². The number of carbonyl (C=O) groups excluding carboxylic acids is 2. The zero-order valence-corrected chi connectivity index (χ0v) is 11.4. The van der Waals surface area contributed by atoms with Crippen molar-refractivity contribution < 1.29 is 18.7 Å². The van der Waals surface area contributed by atoms with E-state index in [2.05, 4.69) is 0 Å². The smallest absolute Gasteiger partial charge is 0.337 e. The van der Waals surface area contributed by atoms with Crippen LogP contribution in [0.3, 0.4) is 0 Å². The first kappa shape index (κ1) is 12.7. The lowest BCUT2D eigenvalue weighted by Gasteiger charge is -2.17. The Morgan fingerprint density at radius 2 is 2.20 bits per heavy atom. The molecule has 2 heterocycles. The Bertz CT molecular complexity index is 701. The molecule has 0 bridgehead atoms. The summed E-state index contributed by atoms with van der Waals surface area (Å²) in [4.78, 5) is 25.4. The van der Waals surface area contributed by atoms with Gasteiger partial charge in [0.05, 0.1) is 24.6 Å². The molecule has 5 nitrogen and oxygen atoms in total. The van der Waals surface area contributed by atoms with Gasteiger partial charge in [-0.05, 0) is 31.0 Å². The highest BCUT2D eigenvalue weighted by molar-refractivity contribution is 6.06. The molecule has 0 saturated carbocycles. The second-order valence-corrected chi connectivity index (χ2v) is 4.93. The van der Waals surface area contributed by atoms with Crippen LogP contribution in [-0.4, -0.2) is 25.5 Å². The van der Waals surface area contributed by atoms with Crippen molar-refractivity contribution in [3.63, 3.8) is 0 Å². The van der Waals surface area contributed by atoms with E-state index < -0.39 is 5.97 Å². The highest BCUT2D eigenvalue weighted by atomic mass is 16.5. The molecule has 1 aliphatic rings. The number of anilines is 1. The lowest BCUT2D eigenvalue weighted by molar-refractivity contribution is -0.117. The number of methoxy groups -OCH3 is 1. The van der Waals surface area contributed by atoms with Gasteiger partial charge in [0, 0.05) is 18.4 Å². The number of hydrogen-bond acceptors (Lipinski definition) is 4. The fourth-order valence-corrected chi connectivity index (χ4v) is 2.58. The summed E-state index contributed by atoms with van der Waals surface area (Å²) in [6.07, 6.45) is 2.99. The van der Waals surface area contributed by atoms with Gasteiger partial charge in [-0.2, -0.15) is 0 Å². The second-order valence-electron chi connectivity index (χ2n) is 4.93. The molecule has 20 heavy (non-hydrogen) atoms. The summed E-state index contributed by atoms with van der Waals surface area (Å²) in [6.45, 7) is 2.56. The normalized spacial score (nSPS) is 15.1. The van der Waals surface area contributed by atoms with Crippen molar-refractivity contribution in [2.24, 2.45) is 0 Å². The lowest BCUT2D eigenvalue weighted by Crippen LogP contribution is -2.24. The first-order valence-electron chi connectivity index (χ1n) is 6.52. The Morgan fingerprint density at radius 1 is 1.40 bits per heavy atom. The average molecular weight is 273 g/mol. The predicted octanol–water partition coefficient (Wildman–Crippen LogP) is 2.65. The van der Waals surface area contributed by atoms with Crippen LogP contribution in [-0.2, 0) is 9.53 Å². The van der Waals surface area contributed by atoms with Crippen LogP contribution in [0.5, 0.6) is 0 Å². The van der Waals surface area contributed by atoms with E-state index in [4.69, 9.17) is 9.15 Å². The quantitative estimate of drug-likeness (QED) is 0.789. The van der Waals surface area contributed by atoms with Gasteiger partial charge in [0.25, 0.3) is 0 Å². The van der Waals surface area contributed by atoms with Gasteiger partial charge in [0.2, 0.25) is 5.91 Å². The minimum Gasteiger partial charge on any atom is -0.465 e. The van der Waals surface area contributed by atoms with Gasteiger partial charge in [-0.15, -0.1) is 0 Å². The first-order chi connectivity index (χ1) is 9.61. The number of fused-ring (bicyclic) bond motifs is 1. The molecule has 1 amide bonds. The molecular weight excluding hydrogens is 258 g/mol. The van der Waals surface area contributed by atoms with Crippen molar-refractivity contribution >= 4 is 28.5 Å². The van der Waals surface area contributed by atoms with Crippen molar-refractivity contribution in [3.8, 4) is 0 Å². The number of aryl methyl sites for hydroxylation is 1. The molecule has 0 N–H and O–H groups in total. The van der Waals surface area contributed by atoms with Crippen molar-refractivity contribution in [2.75, 3.05) is 18.6 Å². The Hall–Kier alpha value is -2.30. The Morgan fingerprint density at radius 3 is 2.85 bits per heavy atom. The largest absolute Gasteiger partial charge is 0.465 e. The maximum absolute atomic E-state index is 11.9. The highest BCUT2D eigenvalue weighted by Gasteiger charge is 2.26. The van der Waals surface area contributed by atoms with Gasteiger partial charge >= 0.3 is 5.97 Å². The lowest BCUT2D eigenvalue weighted by atomic mass is 10.1. The summed E-state index contributed by atoms with van der Waals surface area (Å²) in [5.41, 5.74) is 2.65. The first-order valence-corrected chi connectivity index (χ1v) is 6.52. The Kier molecular flexibility index (Phi) is 2.97. The molecule has 5 heteroatoms. The van der Waals surface area contributed by atoms with Crippen LogP contribution in [0.2, 0.25) is 0 Å². The average Bonchev–Trinajstić information content (AvgIpc) is 3.04. The fraction of sp³-hybridized carbons (Fsp3) is 0.333. The van der Waals surface area contributed by atoms with Crippen LogP contribution in [0, 0.1) is 6.92 Å². The molecule has 0 unspecified atom stereocenters. The van der Waals surface area contributed by atoms with E-state index in [1.165, 1.54) is 7.11 Å². The molecule has 3 rings (SSSR count). The van der Waals surface area contributed by atoms with E-state index in [0.29, 0.717) is 29.8 Å². The third-order valence-electron chi connectivity index (χ3n) is 3.63. The molecule has 1 saturated heterocycles. The van der Waals surface area contributed by atoms with Crippen molar-refractivity contribution in [1.29, 1.82) is 0 Å². The Balaban J connectivity index is 2.23. The van der Waals surface area contributed by atoms with Crippen LogP contribution in [0.25, 0.3) is 11.0 Å². The number of esters is 1. The van der Waals surface area contributed by atoms with Crippen LogP contribution < -0.4 is 4.90 Å². The molecule has 1 aliphatic heterocycles. The summed E-state index contributed by atoms with van der Waals surface area (Å²) in [7, 11) is 1.34. The standard InChI is InChI=1S/C15H15NO4/c1-9-8-20-14-11(9)6-10(15(18)19-2)7-12(14)16-5-3-4-13(16)17/h6-8H,3-5H2,1-2H3. The summed E-state index contributed by atoms with van der Waals surface area (Å²) in [6, 6.07) is 3.41. The maximum Gasteiger partial charge on any atom is 0.337 e. The zero-order valence-electron chi connectivity index (χ0n) is 11.4. The van der Waals surface area contributed by atoms with E-state index in [-0.39, 0.29) is 5.91 Å². The monoisotopic (exact) mass is 273 g/mol. The molecule has 0 radical (unpaired) electrons. The number of rotatable bonds is 2. The SMILES string of the molecule is COC(=O)c1cc(N2CCCC2=O)c2occ(C)c2c1. The van der Waals surface area contributed by atoms with E-state index in [1.807, 2.05) is 6.92 Å². The molecule has 0 spiro atoms. The predicted molar refractivity (Wildman–Crippen MR) is 73.9 cm³/mol. The molecular formula is C15H15NO4. The summed E-state index contributed by atoms with van der Waals surface area (Å²) < 4.78 is 10.3. The molecule has 1 fully saturated rings. The third-order valence-corrected chi connectivity index (χ3v) is 3.63. The number of furan rings is 1. The van der Waals surface area contributed by atoms with Gasteiger partial charge in [-0.3, -0.25) is 4.79 Å². The van der Waals surface area contributed by atoms with Gasteiger partial charge < -0.3 is 14.1 Å². The topological polar surface area (TPSA) is 59.8 Å². The number of benzene rings is 1. The number of amides is 1. The zero-order chi connectivity index (χ0) is 14.3. The number of ether oxygens (including phenoxy) is 1. The molecule has 104 valence electrons. The minimum atomic E-state index is -0.416. The van der Waals surface area contributed by atoms with E-state index >= 15 is 0 Å². The molecule has 2 aromatic rings. The molecule has 0 atom stereocenters. The second kappa shape index (κ2) is 4.67. The minimum absolute atomic E-state index is 0.0577. The maximum atomic E-state index is 11.9. The summed E-state index contributed by atoms with van der Waals surface area (Å²) in [5, 5.41) is 0.836. The molecule has 1 aromatic heterocycles. The number of nitrogens with zero attached hydrogens (tertiary/aromatic N) is 1. The summed E-state index contributed by atoms with van der Waals surface area (Å²) >= 11 is 0. The van der Waals surface area contributed by atoms with Crippen LogP contribution >= 0.6 is 0 Å². The van der Waals surface area contributed by atoms with Crippen molar-refractivity contribution in [1.82, 2.24) is 0 Å². The summed E-state index contributed by atoms with van der Waals surface area (Å²) in [5.74, 6) is -0.359. The van der Waals surface area contributed by atoms with Crippen LogP contribution in [0.1, 0.15) is 28.8 Å². The van der Waals surface area contributed by atoms with E-state index in [1.54, 1.807) is 23.3 Å². The van der Waals surface area contributed by atoms with E-state index in [9.17, 15) is 9.59 Å².